The largest absolute Gasteiger partial charge is 0.497 e. The summed E-state index contributed by atoms with van der Waals surface area (Å²) >= 11 is 5.99. The Morgan fingerprint density at radius 3 is 2.55 bits per heavy atom. The minimum atomic E-state index is -0.404. The quantitative estimate of drug-likeness (QED) is 0.875. The lowest BCUT2D eigenvalue weighted by Gasteiger charge is -2.18. The van der Waals surface area contributed by atoms with Crippen molar-refractivity contribution in [1.82, 2.24) is 0 Å². The van der Waals surface area contributed by atoms with Crippen LogP contribution in [0.5, 0.6) is 5.75 Å². The minimum Gasteiger partial charge on any atom is -0.497 e. The third kappa shape index (κ3) is 3.20. The van der Waals surface area contributed by atoms with Crippen molar-refractivity contribution in [3.8, 4) is 5.75 Å². The molecule has 0 amide bonds. The van der Waals surface area contributed by atoms with Gasteiger partial charge in [0, 0.05) is 11.1 Å². The Bertz CT molecular complexity index is 619. The summed E-state index contributed by atoms with van der Waals surface area (Å²) in [7, 11) is 1.51. The number of anilines is 1. The van der Waals surface area contributed by atoms with Crippen LogP contribution in [0, 0.1) is 11.6 Å². The maximum Gasteiger partial charge on any atom is 0.146 e. The molecular weight excluding hydrogens is 284 g/mol. The first-order valence-corrected chi connectivity index (χ1v) is 6.44. The molecule has 0 aliphatic carbocycles. The Morgan fingerprint density at radius 1 is 1.15 bits per heavy atom. The summed E-state index contributed by atoms with van der Waals surface area (Å²) in [5.74, 6) is -0.249. The summed E-state index contributed by atoms with van der Waals surface area (Å²) in [5, 5.41) is 3.30. The van der Waals surface area contributed by atoms with Gasteiger partial charge in [0.05, 0.1) is 18.8 Å². The van der Waals surface area contributed by atoms with Crippen LogP contribution in [-0.2, 0) is 0 Å². The summed E-state index contributed by atoms with van der Waals surface area (Å²) in [4.78, 5) is 0. The Labute approximate surface area is 121 Å². The predicted octanol–water partition coefficient (Wildman–Crippen LogP) is 4.80. The van der Waals surface area contributed by atoms with E-state index in [0.29, 0.717) is 22.0 Å². The van der Waals surface area contributed by atoms with E-state index >= 15 is 0 Å². The second-order valence-electron chi connectivity index (χ2n) is 4.38. The standard InChI is InChI=1S/C15H14ClF2NO/c1-9(12-5-3-10(17)7-13(12)16)19-15-8-11(20-2)4-6-14(15)18/h3-9,19H,1-2H3. The number of rotatable bonds is 4. The molecule has 0 saturated carbocycles. The summed E-state index contributed by atoms with van der Waals surface area (Å²) < 4.78 is 31.8. The van der Waals surface area contributed by atoms with Crippen molar-refractivity contribution in [3.63, 3.8) is 0 Å². The molecule has 106 valence electrons. The average Bonchev–Trinajstić information content (AvgIpc) is 2.41. The van der Waals surface area contributed by atoms with E-state index < -0.39 is 11.6 Å². The highest BCUT2D eigenvalue weighted by atomic mass is 35.5. The molecule has 0 radical (unpaired) electrons. The maximum absolute atomic E-state index is 13.7. The molecule has 0 aliphatic rings. The van der Waals surface area contributed by atoms with Crippen LogP contribution in [0.3, 0.4) is 0 Å². The lowest BCUT2D eigenvalue weighted by molar-refractivity contribution is 0.414. The van der Waals surface area contributed by atoms with E-state index in [9.17, 15) is 8.78 Å². The minimum absolute atomic E-state index is 0.273. The second kappa shape index (κ2) is 6.09. The Kier molecular flexibility index (Phi) is 4.45. The monoisotopic (exact) mass is 297 g/mol. The molecule has 20 heavy (non-hydrogen) atoms. The molecule has 2 nitrogen and oxygen atoms in total. The summed E-state index contributed by atoms with van der Waals surface area (Å²) in [5.41, 5.74) is 0.993. The van der Waals surface area contributed by atoms with Crippen LogP contribution in [0.15, 0.2) is 36.4 Å². The van der Waals surface area contributed by atoms with E-state index in [1.54, 1.807) is 12.1 Å². The van der Waals surface area contributed by atoms with E-state index in [1.807, 2.05) is 6.92 Å². The van der Waals surface area contributed by atoms with E-state index in [4.69, 9.17) is 16.3 Å². The van der Waals surface area contributed by atoms with Gasteiger partial charge in [0.25, 0.3) is 0 Å². The summed E-state index contributed by atoms with van der Waals surface area (Å²) in [6.07, 6.45) is 0. The second-order valence-corrected chi connectivity index (χ2v) is 4.78. The molecule has 0 fully saturated rings. The third-order valence-corrected chi connectivity index (χ3v) is 3.30. The number of ether oxygens (including phenoxy) is 1. The van der Waals surface area contributed by atoms with Gasteiger partial charge in [-0.05, 0) is 36.8 Å². The molecular formula is C15H14ClF2NO. The number of hydrogen-bond acceptors (Lipinski definition) is 2. The smallest absolute Gasteiger partial charge is 0.146 e. The first-order valence-electron chi connectivity index (χ1n) is 6.06. The molecule has 2 aromatic carbocycles. The number of benzene rings is 2. The lowest BCUT2D eigenvalue weighted by Crippen LogP contribution is -2.09. The Morgan fingerprint density at radius 2 is 1.90 bits per heavy atom. The fraction of sp³-hybridized carbons (Fsp3) is 0.200. The highest BCUT2D eigenvalue weighted by Crippen LogP contribution is 2.29. The molecule has 0 aromatic heterocycles. The van der Waals surface area contributed by atoms with Gasteiger partial charge >= 0.3 is 0 Å². The van der Waals surface area contributed by atoms with Crippen molar-refractivity contribution in [3.05, 3.63) is 58.6 Å². The van der Waals surface area contributed by atoms with Crippen molar-refractivity contribution in [2.45, 2.75) is 13.0 Å². The van der Waals surface area contributed by atoms with Gasteiger partial charge < -0.3 is 10.1 Å². The fourth-order valence-corrected chi connectivity index (χ4v) is 2.24. The van der Waals surface area contributed by atoms with Gasteiger partial charge in [-0.15, -0.1) is 0 Å². The Hall–Kier alpha value is -1.81. The van der Waals surface area contributed by atoms with Crippen LogP contribution >= 0.6 is 11.6 Å². The van der Waals surface area contributed by atoms with Gasteiger partial charge in [-0.2, -0.15) is 0 Å². The van der Waals surface area contributed by atoms with Crippen LogP contribution < -0.4 is 10.1 Å². The average molecular weight is 298 g/mol. The van der Waals surface area contributed by atoms with Crippen molar-refractivity contribution < 1.29 is 13.5 Å². The van der Waals surface area contributed by atoms with Crippen LogP contribution in [-0.4, -0.2) is 7.11 Å². The number of hydrogen-bond donors (Lipinski definition) is 1. The van der Waals surface area contributed by atoms with Crippen molar-refractivity contribution in [2.24, 2.45) is 0 Å². The summed E-state index contributed by atoms with van der Waals surface area (Å²) in [6, 6.07) is 8.27. The zero-order valence-corrected chi connectivity index (χ0v) is 11.8. The van der Waals surface area contributed by atoms with E-state index in [2.05, 4.69) is 5.32 Å². The first kappa shape index (κ1) is 14.6. The van der Waals surface area contributed by atoms with Crippen LogP contribution in [0.1, 0.15) is 18.5 Å². The lowest BCUT2D eigenvalue weighted by atomic mass is 10.1. The van der Waals surface area contributed by atoms with Crippen LogP contribution in [0.4, 0.5) is 14.5 Å². The normalized spacial score (nSPS) is 12.1. The van der Waals surface area contributed by atoms with Crippen molar-refractivity contribution in [1.29, 1.82) is 0 Å². The van der Waals surface area contributed by atoms with Crippen LogP contribution in [0.25, 0.3) is 0 Å². The molecule has 0 bridgehead atoms. The van der Waals surface area contributed by atoms with Gasteiger partial charge in [-0.3, -0.25) is 0 Å². The van der Waals surface area contributed by atoms with Gasteiger partial charge in [-0.1, -0.05) is 17.7 Å². The number of halogens is 3. The van der Waals surface area contributed by atoms with E-state index in [0.717, 1.165) is 0 Å². The SMILES string of the molecule is COc1ccc(F)c(NC(C)c2ccc(F)cc2Cl)c1. The topological polar surface area (TPSA) is 21.3 Å². The zero-order chi connectivity index (χ0) is 14.7. The zero-order valence-electron chi connectivity index (χ0n) is 11.1. The molecule has 0 spiro atoms. The molecule has 5 heteroatoms. The van der Waals surface area contributed by atoms with Gasteiger partial charge in [0.2, 0.25) is 0 Å². The highest BCUT2D eigenvalue weighted by Gasteiger charge is 2.13. The predicted molar refractivity (Wildman–Crippen MR) is 76.4 cm³/mol. The summed E-state index contributed by atoms with van der Waals surface area (Å²) in [6.45, 7) is 1.82. The van der Waals surface area contributed by atoms with Gasteiger partial charge in [0.1, 0.15) is 17.4 Å². The number of methoxy groups -OCH3 is 1. The molecule has 0 heterocycles. The number of nitrogens with one attached hydrogen (secondary N) is 1. The highest BCUT2D eigenvalue weighted by molar-refractivity contribution is 6.31. The fourth-order valence-electron chi connectivity index (χ4n) is 1.91. The molecule has 2 aromatic rings. The molecule has 0 aliphatic heterocycles. The van der Waals surface area contributed by atoms with Crippen LogP contribution in [0.2, 0.25) is 5.02 Å². The molecule has 2 rings (SSSR count). The van der Waals surface area contributed by atoms with E-state index in [-0.39, 0.29) is 6.04 Å². The van der Waals surface area contributed by atoms with Gasteiger partial charge in [0.15, 0.2) is 0 Å². The maximum atomic E-state index is 13.7. The van der Waals surface area contributed by atoms with E-state index in [1.165, 1.54) is 31.4 Å². The molecule has 1 N–H and O–H groups in total. The third-order valence-electron chi connectivity index (χ3n) is 2.97. The van der Waals surface area contributed by atoms with Crippen molar-refractivity contribution in [2.75, 3.05) is 12.4 Å². The molecule has 1 atom stereocenters. The first-order chi connectivity index (χ1) is 9.51. The molecule has 0 saturated heterocycles. The van der Waals surface area contributed by atoms with Gasteiger partial charge in [-0.25, -0.2) is 8.78 Å². The van der Waals surface area contributed by atoms with Crippen molar-refractivity contribution >= 4 is 17.3 Å². The Balaban J connectivity index is 2.25. The molecule has 1 unspecified atom stereocenters.